The molecule has 0 spiro atoms. The molecule has 1 amide bonds. The van der Waals surface area contributed by atoms with E-state index in [-0.39, 0.29) is 12.0 Å². The molecule has 0 radical (unpaired) electrons. The molecule has 0 aromatic heterocycles. The molecule has 2 aliphatic rings. The normalized spacial score (nSPS) is 28.5. The highest BCUT2D eigenvalue weighted by Gasteiger charge is 2.28. The van der Waals surface area contributed by atoms with E-state index in [9.17, 15) is 4.79 Å². The summed E-state index contributed by atoms with van der Waals surface area (Å²) in [5, 5.41) is 0. The molecule has 17 heavy (non-hydrogen) atoms. The lowest BCUT2D eigenvalue weighted by atomic mass is 10.1. The van der Waals surface area contributed by atoms with Gasteiger partial charge in [-0.2, -0.15) is 0 Å². The Kier molecular flexibility index (Phi) is 4.80. The maximum Gasteiger partial charge on any atom is 0.253 e. The number of amides is 1. The van der Waals surface area contributed by atoms with Crippen LogP contribution in [0.2, 0.25) is 0 Å². The zero-order valence-electron chi connectivity index (χ0n) is 10.9. The van der Waals surface area contributed by atoms with Crippen LogP contribution in [-0.4, -0.2) is 61.6 Å². The number of carbonyl (C=O) groups is 1. The van der Waals surface area contributed by atoms with Crippen molar-refractivity contribution in [3.63, 3.8) is 0 Å². The minimum atomic E-state index is -0.229. The van der Waals surface area contributed by atoms with E-state index in [1.54, 1.807) is 0 Å². The predicted molar refractivity (Wildman–Crippen MR) is 66.9 cm³/mol. The summed E-state index contributed by atoms with van der Waals surface area (Å²) in [6.07, 6.45) is 5.91. The van der Waals surface area contributed by atoms with Gasteiger partial charge < -0.3 is 14.5 Å². The minimum absolute atomic E-state index is 0.207. The van der Waals surface area contributed by atoms with Crippen molar-refractivity contribution in [2.75, 3.05) is 39.8 Å². The zero-order chi connectivity index (χ0) is 12.1. The number of carbonyl (C=O) groups excluding carboxylic acids is 1. The lowest BCUT2D eigenvalue weighted by Crippen LogP contribution is -2.50. The second-order valence-corrected chi connectivity index (χ2v) is 5.21. The van der Waals surface area contributed by atoms with E-state index in [0.717, 1.165) is 39.0 Å². The summed E-state index contributed by atoms with van der Waals surface area (Å²) in [4.78, 5) is 16.5. The van der Waals surface area contributed by atoms with Gasteiger partial charge in [-0.05, 0) is 19.9 Å². The molecular weight excluding hydrogens is 216 g/mol. The van der Waals surface area contributed by atoms with Gasteiger partial charge in [-0.15, -0.1) is 0 Å². The first-order chi connectivity index (χ1) is 8.27. The molecule has 2 saturated heterocycles. The third kappa shape index (κ3) is 3.68. The van der Waals surface area contributed by atoms with Crippen LogP contribution in [0.25, 0.3) is 0 Å². The SMILES string of the molecule is CN1CCO[C@H](C(=O)N2CCCCCCC2)C1. The highest BCUT2D eigenvalue weighted by Crippen LogP contribution is 2.13. The van der Waals surface area contributed by atoms with Gasteiger partial charge in [0.25, 0.3) is 5.91 Å². The monoisotopic (exact) mass is 240 g/mol. The van der Waals surface area contributed by atoms with Crippen molar-refractivity contribution in [1.82, 2.24) is 9.80 Å². The smallest absolute Gasteiger partial charge is 0.253 e. The molecule has 0 aromatic rings. The quantitative estimate of drug-likeness (QED) is 0.688. The van der Waals surface area contributed by atoms with Crippen LogP contribution >= 0.6 is 0 Å². The van der Waals surface area contributed by atoms with Gasteiger partial charge in [-0.1, -0.05) is 19.3 Å². The number of hydrogen-bond donors (Lipinski definition) is 0. The van der Waals surface area contributed by atoms with Gasteiger partial charge in [-0.25, -0.2) is 0 Å². The van der Waals surface area contributed by atoms with Crippen LogP contribution < -0.4 is 0 Å². The van der Waals surface area contributed by atoms with Crippen molar-refractivity contribution in [1.29, 1.82) is 0 Å². The van der Waals surface area contributed by atoms with Crippen LogP contribution in [0.5, 0.6) is 0 Å². The molecule has 0 unspecified atom stereocenters. The average molecular weight is 240 g/mol. The topological polar surface area (TPSA) is 32.8 Å². The van der Waals surface area contributed by atoms with E-state index in [2.05, 4.69) is 11.9 Å². The fourth-order valence-corrected chi connectivity index (χ4v) is 2.60. The molecular formula is C13H24N2O2. The molecule has 0 bridgehead atoms. The van der Waals surface area contributed by atoms with Crippen LogP contribution in [0.1, 0.15) is 32.1 Å². The van der Waals surface area contributed by atoms with Crippen molar-refractivity contribution in [3.05, 3.63) is 0 Å². The van der Waals surface area contributed by atoms with E-state index < -0.39 is 0 Å². The Morgan fingerprint density at radius 3 is 2.35 bits per heavy atom. The fourth-order valence-electron chi connectivity index (χ4n) is 2.60. The Labute approximate surface area is 104 Å². The summed E-state index contributed by atoms with van der Waals surface area (Å²) >= 11 is 0. The van der Waals surface area contributed by atoms with Gasteiger partial charge in [0.1, 0.15) is 6.10 Å². The third-order valence-corrected chi connectivity index (χ3v) is 3.71. The fraction of sp³-hybridized carbons (Fsp3) is 0.923. The number of nitrogens with zero attached hydrogens (tertiary/aromatic N) is 2. The highest BCUT2D eigenvalue weighted by molar-refractivity contribution is 5.81. The summed E-state index contributed by atoms with van der Waals surface area (Å²) in [5.74, 6) is 0.207. The van der Waals surface area contributed by atoms with Gasteiger partial charge in [0.15, 0.2) is 0 Å². The maximum atomic E-state index is 12.3. The van der Waals surface area contributed by atoms with Crippen LogP contribution in [0, 0.1) is 0 Å². The third-order valence-electron chi connectivity index (χ3n) is 3.71. The second-order valence-electron chi connectivity index (χ2n) is 5.21. The van der Waals surface area contributed by atoms with Gasteiger partial charge in [-0.3, -0.25) is 4.79 Å². The van der Waals surface area contributed by atoms with Gasteiger partial charge in [0, 0.05) is 26.2 Å². The summed E-state index contributed by atoms with van der Waals surface area (Å²) in [6, 6.07) is 0. The van der Waals surface area contributed by atoms with Crippen LogP contribution in [-0.2, 0) is 9.53 Å². The number of likely N-dealkylation sites (N-methyl/N-ethyl adjacent to an activating group) is 1. The molecule has 2 heterocycles. The van der Waals surface area contributed by atoms with Gasteiger partial charge in [0.2, 0.25) is 0 Å². The summed E-state index contributed by atoms with van der Waals surface area (Å²) in [7, 11) is 2.05. The Hall–Kier alpha value is -0.610. The van der Waals surface area contributed by atoms with Crippen molar-refractivity contribution in [2.45, 2.75) is 38.2 Å². The molecule has 0 saturated carbocycles. The summed E-state index contributed by atoms with van der Waals surface area (Å²) in [6.45, 7) is 4.20. The van der Waals surface area contributed by atoms with E-state index in [4.69, 9.17) is 4.74 Å². The standard InChI is InChI=1S/C13H24N2O2/c1-14-9-10-17-12(11-14)13(16)15-7-5-3-2-4-6-8-15/h12H,2-11H2,1H3/t12-/m0/s1. The number of morpholine rings is 1. The van der Waals surface area contributed by atoms with Crippen molar-refractivity contribution < 1.29 is 9.53 Å². The van der Waals surface area contributed by atoms with Crippen LogP contribution in [0.15, 0.2) is 0 Å². The molecule has 98 valence electrons. The Balaban J connectivity index is 1.87. The Bertz CT molecular complexity index is 250. The van der Waals surface area contributed by atoms with Gasteiger partial charge >= 0.3 is 0 Å². The van der Waals surface area contributed by atoms with Crippen molar-refractivity contribution >= 4 is 5.91 Å². The average Bonchev–Trinajstić information content (AvgIpc) is 2.28. The summed E-state index contributed by atoms with van der Waals surface area (Å²) in [5.41, 5.74) is 0. The first-order valence-electron chi connectivity index (χ1n) is 6.86. The van der Waals surface area contributed by atoms with Crippen molar-refractivity contribution in [3.8, 4) is 0 Å². The van der Waals surface area contributed by atoms with Crippen molar-refractivity contribution in [2.24, 2.45) is 0 Å². The van der Waals surface area contributed by atoms with E-state index in [0.29, 0.717) is 6.61 Å². The largest absolute Gasteiger partial charge is 0.366 e. The number of rotatable bonds is 1. The van der Waals surface area contributed by atoms with Crippen LogP contribution in [0.4, 0.5) is 0 Å². The lowest BCUT2D eigenvalue weighted by Gasteiger charge is -2.33. The second kappa shape index (κ2) is 6.36. The number of ether oxygens (including phenoxy) is 1. The minimum Gasteiger partial charge on any atom is -0.366 e. The molecule has 2 fully saturated rings. The van der Waals surface area contributed by atoms with E-state index in [1.807, 2.05) is 4.90 Å². The lowest BCUT2D eigenvalue weighted by molar-refractivity contribution is -0.149. The first kappa shape index (κ1) is 12.8. The molecule has 1 atom stereocenters. The Morgan fingerprint density at radius 2 is 1.71 bits per heavy atom. The molecule has 4 nitrogen and oxygen atoms in total. The molecule has 0 aromatic carbocycles. The molecule has 0 aliphatic carbocycles. The number of likely N-dealkylation sites (tertiary alicyclic amines) is 1. The first-order valence-corrected chi connectivity index (χ1v) is 6.86. The molecule has 0 N–H and O–H groups in total. The maximum absolute atomic E-state index is 12.3. The molecule has 2 aliphatic heterocycles. The predicted octanol–water partition coefficient (Wildman–Crippen LogP) is 1.11. The Morgan fingerprint density at radius 1 is 1.06 bits per heavy atom. The highest BCUT2D eigenvalue weighted by atomic mass is 16.5. The zero-order valence-corrected chi connectivity index (χ0v) is 10.9. The number of hydrogen-bond acceptors (Lipinski definition) is 3. The van der Waals surface area contributed by atoms with Gasteiger partial charge in [0.05, 0.1) is 6.61 Å². The van der Waals surface area contributed by atoms with E-state index in [1.165, 1.54) is 19.3 Å². The molecule has 2 rings (SSSR count). The van der Waals surface area contributed by atoms with E-state index >= 15 is 0 Å². The van der Waals surface area contributed by atoms with Crippen LogP contribution in [0.3, 0.4) is 0 Å². The molecule has 4 heteroatoms. The summed E-state index contributed by atoms with van der Waals surface area (Å²) < 4.78 is 5.60.